The highest BCUT2D eigenvalue weighted by molar-refractivity contribution is 7.99. The molecule has 0 amide bonds. The number of halogens is 3. The van der Waals surface area contributed by atoms with Crippen LogP contribution in [0.5, 0.6) is 0 Å². The van der Waals surface area contributed by atoms with E-state index < -0.39 is 17.9 Å². The standard InChI is InChI=1S/C35H49F3N2O4S/c1-3-4-5-6-7-8-9-13-27(2)44-34(41)43-25-24-42-29-18-22-39(23-19-29)20-12-21-40-30-14-10-11-15-32(30)45-33-17-16-28(26-31(33)40)35(36,37)38/h10-11,14-17,26-27,29H,3-9,12-13,18-25H2,1-2H3. The number of piperidine rings is 1. The Hall–Kier alpha value is -2.43. The van der Waals surface area contributed by atoms with Gasteiger partial charge in [0.1, 0.15) is 12.7 Å². The summed E-state index contributed by atoms with van der Waals surface area (Å²) in [7, 11) is 0. The van der Waals surface area contributed by atoms with Crippen LogP contribution in [0.4, 0.5) is 29.3 Å². The Labute approximate surface area is 271 Å². The molecule has 2 heterocycles. The first-order valence-electron chi connectivity index (χ1n) is 16.7. The van der Waals surface area contributed by atoms with E-state index in [-0.39, 0.29) is 18.8 Å². The maximum Gasteiger partial charge on any atom is 0.508 e. The van der Waals surface area contributed by atoms with E-state index in [2.05, 4.69) is 11.8 Å². The van der Waals surface area contributed by atoms with E-state index in [1.807, 2.05) is 36.1 Å². The van der Waals surface area contributed by atoms with Crippen molar-refractivity contribution in [3.8, 4) is 0 Å². The molecule has 2 aliphatic heterocycles. The quantitative estimate of drug-likeness (QED) is 0.125. The van der Waals surface area contributed by atoms with Gasteiger partial charge in [-0.1, -0.05) is 69.3 Å². The zero-order valence-corrected chi connectivity index (χ0v) is 27.6. The monoisotopic (exact) mass is 650 g/mol. The van der Waals surface area contributed by atoms with Crippen LogP contribution in [0.1, 0.15) is 90.0 Å². The minimum atomic E-state index is -4.38. The minimum Gasteiger partial charge on any atom is -0.432 e. The lowest BCUT2D eigenvalue weighted by molar-refractivity contribution is -0.137. The summed E-state index contributed by atoms with van der Waals surface area (Å²) in [6, 6.07) is 11.9. The molecule has 1 atom stereocenters. The fourth-order valence-corrected chi connectivity index (χ4v) is 7.06. The number of rotatable bonds is 17. The van der Waals surface area contributed by atoms with Gasteiger partial charge in [-0.3, -0.25) is 0 Å². The number of hydrogen-bond donors (Lipinski definition) is 0. The second-order valence-electron chi connectivity index (χ2n) is 12.1. The summed E-state index contributed by atoms with van der Waals surface area (Å²) >= 11 is 1.52. The van der Waals surface area contributed by atoms with E-state index in [0.717, 1.165) is 67.2 Å². The molecule has 2 aromatic carbocycles. The molecule has 6 nitrogen and oxygen atoms in total. The summed E-state index contributed by atoms with van der Waals surface area (Å²) < 4.78 is 57.0. The molecule has 0 spiro atoms. The Morgan fingerprint density at radius 2 is 1.62 bits per heavy atom. The number of anilines is 2. The topological polar surface area (TPSA) is 51.2 Å². The third kappa shape index (κ3) is 11.4. The maximum atomic E-state index is 13.5. The van der Waals surface area contributed by atoms with Gasteiger partial charge in [-0.25, -0.2) is 4.79 Å². The average molecular weight is 651 g/mol. The number of ether oxygens (including phenoxy) is 3. The molecule has 250 valence electrons. The van der Waals surface area contributed by atoms with E-state index >= 15 is 0 Å². The lowest BCUT2D eigenvalue weighted by Crippen LogP contribution is -2.38. The van der Waals surface area contributed by atoms with Crippen LogP contribution in [0.15, 0.2) is 52.3 Å². The molecule has 0 radical (unpaired) electrons. The number of alkyl halides is 3. The summed E-state index contributed by atoms with van der Waals surface area (Å²) in [4.78, 5) is 18.3. The molecule has 1 unspecified atom stereocenters. The van der Waals surface area contributed by atoms with Gasteiger partial charge in [0.2, 0.25) is 0 Å². The number of benzene rings is 2. The zero-order chi connectivity index (χ0) is 32.1. The Morgan fingerprint density at radius 1 is 0.911 bits per heavy atom. The van der Waals surface area contributed by atoms with Crippen molar-refractivity contribution in [3.63, 3.8) is 0 Å². The SMILES string of the molecule is CCCCCCCCCC(C)OC(=O)OCCOC1CCN(CCCN2c3ccccc3Sc3ccc(C(F)(F)F)cc32)CC1. The van der Waals surface area contributed by atoms with Gasteiger partial charge in [0.15, 0.2) is 0 Å². The Bertz CT molecular complexity index is 1190. The molecule has 2 aliphatic rings. The summed E-state index contributed by atoms with van der Waals surface area (Å²) in [5, 5.41) is 0. The molecule has 1 fully saturated rings. The first-order valence-corrected chi connectivity index (χ1v) is 17.5. The van der Waals surface area contributed by atoms with Crippen molar-refractivity contribution >= 4 is 29.3 Å². The van der Waals surface area contributed by atoms with Crippen LogP contribution in [-0.2, 0) is 20.4 Å². The van der Waals surface area contributed by atoms with Crippen molar-refractivity contribution < 1.29 is 32.2 Å². The summed E-state index contributed by atoms with van der Waals surface area (Å²) in [5.41, 5.74) is 0.952. The second kappa shape index (κ2) is 18.0. The summed E-state index contributed by atoms with van der Waals surface area (Å²) in [6.45, 7) is 7.93. The maximum absolute atomic E-state index is 13.5. The molecular weight excluding hydrogens is 601 g/mol. The molecule has 1 saturated heterocycles. The molecule has 0 bridgehead atoms. The lowest BCUT2D eigenvalue weighted by atomic mass is 10.1. The molecule has 4 rings (SSSR count). The molecular formula is C35H49F3N2O4S. The number of carbonyl (C=O) groups is 1. The van der Waals surface area contributed by atoms with Gasteiger partial charge in [-0.15, -0.1) is 0 Å². The van der Waals surface area contributed by atoms with Gasteiger partial charge >= 0.3 is 12.3 Å². The highest BCUT2D eigenvalue weighted by atomic mass is 32.2. The molecule has 0 aliphatic carbocycles. The Kier molecular flexibility index (Phi) is 14.2. The van der Waals surface area contributed by atoms with E-state index in [1.54, 1.807) is 6.07 Å². The van der Waals surface area contributed by atoms with E-state index in [1.165, 1.54) is 62.4 Å². The zero-order valence-electron chi connectivity index (χ0n) is 26.8. The number of fused-ring (bicyclic) bond motifs is 2. The van der Waals surface area contributed by atoms with Gasteiger partial charge in [-0.05, 0) is 75.9 Å². The van der Waals surface area contributed by atoms with Crippen molar-refractivity contribution in [1.29, 1.82) is 0 Å². The van der Waals surface area contributed by atoms with Crippen LogP contribution in [0, 0.1) is 0 Å². The lowest BCUT2D eigenvalue weighted by Gasteiger charge is -2.35. The van der Waals surface area contributed by atoms with Crippen LogP contribution in [-0.4, -0.2) is 62.7 Å². The second-order valence-corrected chi connectivity index (χ2v) is 13.2. The smallest absolute Gasteiger partial charge is 0.432 e. The molecule has 2 aromatic rings. The number of nitrogens with zero attached hydrogens (tertiary/aromatic N) is 2. The minimum absolute atomic E-state index is 0.121. The van der Waals surface area contributed by atoms with E-state index in [9.17, 15) is 18.0 Å². The first kappa shape index (κ1) is 35.4. The van der Waals surface area contributed by atoms with Crippen molar-refractivity contribution in [2.24, 2.45) is 0 Å². The van der Waals surface area contributed by atoms with E-state index in [4.69, 9.17) is 14.2 Å². The van der Waals surface area contributed by atoms with Gasteiger partial charge in [-0.2, -0.15) is 13.2 Å². The van der Waals surface area contributed by atoms with Crippen molar-refractivity contribution in [2.75, 3.05) is 44.3 Å². The van der Waals surface area contributed by atoms with Crippen LogP contribution >= 0.6 is 11.8 Å². The van der Waals surface area contributed by atoms with E-state index in [0.29, 0.717) is 18.8 Å². The van der Waals surface area contributed by atoms with Crippen molar-refractivity contribution in [1.82, 2.24) is 4.90 Å². The van der Waals surface area contributed by atoms with Gasteiger partial charge in [0.25, 0.3) is 0 Å². The number of likely N-dealkylation sites (tertiary alicyclic amines) is 1. The van der Waals surface area contributed by atoms with Gasteiger partial charge in [0, 0.05) is 29.4 Å². The van der Waals surface area contributed by atoms with Gasteiger partial charge in [0.05, 0.1) is 29.6 Å². The van der Waals surface area contributed by atoms with Crippen LogP contribution in [0.3, 0.4) is 0 Å². The van der Waals surface area contributed by atoms with Crippen molar-refractivity contribution in [3.05, 3.63) is 48.0 Å². The molecule has 0 N–H and O–H groups in total. The Morgan fingerprint density at radius 3 is 2.38 bits per heavy atom. The molecule has 0 aromatic heterocycles. The third-order valence-electron chi connectivity index (χ3n) is 8.51. The number of carbonyl (C=O) groups excluding carboxylic acids is 1. The predicted octanol–water partition coefficient (Wildman–Crippen LogP) is 9.86. The first-order chi connectivity index (χ1) is 21.7. The Balaban J connectivity index is 1.10. The average Bonchev–Trinajstić information content (AvgIpc) is 3.02. The largest absolute Gasteiger partial charge is 0.508 e. The predicted molar refractivity (Wildman–Crippen MR) is 174 cm³/mol. The third-order valence-corrected chi connectivity index (χ3v) is 9.64. The number of para-hydroxylation sites is 1. The fourth-order valence-electron chi connectivity index (χ4n) is 5.98. The number of hydrogen-bond acceptors (Lipinski definition) is 7. The highest BCUT2D eigenvalue weighted by Gasteiger charge is 2.33. The molecule has 10 heteroatoms. The van der Waals surface area contributed by atoms with Crippen LogP contribution in [0.2, 0.25) is 0 Å². The summed E-state index contributed by atoms with van der Waals surface area (Å²) in [5.74, 6) is 0. The molecule has 45 heavy (non-hydrogen) atoms. The van der Waals surface area contributed by atoms with Crippen molar-refractivity contribution in [2.45, 2.75) is 113 Å². The van der Waals surface area contributed by atoms with Crippen LogP contribution in [0.25, 0.3) is 0 Å². The van der Waals surface area contributed by atoms with Gasteiger partial charge < -0.3 is 24.0 Å². The molecule has 0 saturated carbocycles. The number of unbranched alkanes of at least 4 members (excludes halogenated alkanes) is 6. The highest BCUT2D eigenvalue weighted by Crippen LogP contribution is 2.49. The van der Waals surface area contributed by atoms with Crippen LogP contribution < -0.4 is 4.90 Å². The fraction of sp³-hybridized carbons (Fsp3) is 0.629. The normalized spacial score (nSPS) is 16.2. The summed E-state index contributed by atoms with van der Waals surface area (Å²) in [6.07, 6.45) is 7.05.